The molecule has 0 saturated heterocycles. The van der Waals surface area contributed by atoms with Crippen molar-refractivity contribution in [3.63, 3.8) is 0 Å². The number of methoxy groups -OCH3 is 1. The van der Waals surface area contributed by atoms with Crippen LogP contribution in [0.25, 0.3) is 0 Å². The van der Waals surface area contributed by atoms with Gasteiger partial charge in [-0.2, -0.15) is 11.8 Å². The summed E-state index contributed by atoms with van der Waals surface area (Å²) in [5.74, 6) is 1.74. The molecular weight excluding hydrogens is 717 g/mol. The van der Waals surface area contributed by atoms with Crippen LogP contribution in [-0.4, -0.2) is 78.6 Å². The molecule has 0 aromatic heterocycles. The molecule has 4 atom stereocenters. The molecule has 0 heterocycles. The molecule has 0 bridgehead atoms. The van der Waals surface area contributed by atoms with Gasteiger partial charge in [-0.05, 0) is 73.0 Å². The number of benzene rings is 4. The Hall–Kier alpha value is -4.82. The fraction of sp³-hybridized carbons (Fsp3) is 0.300. The quantitative estimate of drug-likeness (QED) is 0.0997. The minimum atomic E-state index is -0.817. The zero-order valence-electron chi connectivity index (χ0n) is 30.3. The van der Waals surface area contributed by atoms with Gasteiger partial charge in [0.1, 0.15) is 49.0 Å². The summed E-state index contributed by atoms with van der Waals surface area (Å²) < 4.78 is 16.5. The van der Waals surface area contributed by atoms with E-state index in [-0.39, 0.29) is 30.8 Å². The standard InChI is InChI=1S/C20H23NO5S.C19H22O3S.CH3NO/c1-21-20(24)19(27-13-22)11-14-7-9-15(10-8-14)26-12-17(23)16-5-3-4-6-18(16)25-2;1-14-4-3-5-16(10-14)19(21)13-22-17-8-6-15(7-9-17)11-18(12-20)23-2;2-1-3/h3-10,13,17,19,23H,11-12H2,1-2H3,(H,21,24);3-10,12,18-19,21H,11,13H2,1-2H3;1H,(H2,2,3). The number of amides is 2. The molecule has 2 amide bonds. The summed E-state index contributed by atoms with van der Waals surface area (Å²) in [6.45, 7) is 2.29. The van der Waals surface area contributed by atoms with Gasteiger partial charge in [-0.25, -0.2) is 0 Å². The van der Waals surface area contributed by atoms with Crippen LogP contribution >= 0.6 is 23.5 Å². The van der Waals surface area contributed by atoms with Crippen LogP contribution in [0.2, 0.25) is 0 Å². The van der Waals surface area contributed by atoms with Crippen molar-refractivity contribution in [2.75, 3.05) is 33.6 Å². The van der Waals surface area contributed by atoms with E-state index in [1.807, 2.05) is 86.0 Å². The summed E-state index contributed by atoms with van der Waals surface area (Å²) in [7, 11) is 3.10. The third kappa shape index (κ3) is 16.2. The molecule has 4 aromatic rings. The number of para-hydroxylation sites is 1. The lowest BCUT2D eigenvalue weighted by atomic mass is 10.1. The van der Waals surface area contributed by atoms with E-state index in [1.54, 1.807) is 50.2 Å². The summed E-state index contributed by atoms with van der Waals surface area (Å²) in [4.78, 5) is 42.0. The van der Waals surface area contributed by atoms with Crippen molar-refractivity contribution in [2.24, 2.45) is 5.73 Å². The summed E-state index contributed by atoms with van der Waals surface area (Å²) in [5.41, 5.74) is 9.49. The van der Waals surface area contributed by atoms with Crippen LogP contribution in [0.5, 0.6) is 17.2 Å². The number of aldehydes is 1. The normalized spacial score (nSPS) is 12.5. The Labute approximate surface area is 319 Å². The van der Waals surface area contributed by atoms with Crippen molar-refractivity contribution >= 4 is 47.7 Å². The molecule has 0 aliphatic rings. The van der Waals surface area contributed by atoms with Crippen molar-refractivity contribution in [3.05, 3.63) is 125 Å². The van der Waals surface area contributed by atoms with Crippen LogP contribution in [0.3, 0.4) is 0 Å². The lowest BCUT2D eigenvalue weighted by molar-refractivity contribution is -0.120. The van der Waals surface area contributed by atoms with E-state index in [4.69, 9.17) is 19.0 Å². The van der Waals surface area contributed by atoms with Crippen molar-refractivity contribution in [1.82, 2.24) is 5.32 Å². The highest BCUT2D eigenvalue weighted by molar-refractivity contribution is 8.13. The molecule has 53 heavy (non-hydrogen) atoms. The molecule has 4 rings (SSSR count). The average molecular weight is 765 g/mol. The topological polar surface area (TPSA) is 174 Å². The second-order valence-corrected chi connectivity index (χ2v) is 13.5. The van der Waals surface area contributed by atoms with Gasteiger partial charge in [-0.15, -0.1) is 0 Å². The Balaban J connectivity index is 0.000000345. The number of aliphatic hydroxyl groups is 2. The summed E-state index contributed by atoms with van der Waals surface area (Å²) in [5, 5.41) is 22.6. The second-order valence-electron chi connectivity index (χ2n) is 11.4. The highest BCUT2D eigenvalue weighted by Gasteiger charge is 2.18. The third-order valence-electron chi connectivity index (χ3n) is 7.66. The molecule has 11 nitrogen and oxygen atoms in total. The first-order valence-corrected chi connectivity index (χ1v) is 18.8. The number of thioether (sulfide) groups is 2. The van der Waals surface area contributed by atoms with Gasteiger partial charge in [-0.3, -0.25) is 14.4 Å². The summed E-state index contributed by atoms with van der Waals surface area (Å²) in [6, 6.07) is 29.9. The van der Waals surface area contributed by atoms with Crippen molar-refractivity contribution in [1.29, 1.82) is 0 Å². The first-order chi connectivity index (χ1) is 25.6. The van der Waals surface area contributed by atoms with Gasteiger partial charge in [0.05, 0.1) is 17.6 Å². The fourth-order valence-electron chi connectivity index (χ4n) is 4.86. The molecule has 284 valence electrons. The average Bonchev–Trinajstić information content (AvgIpc) is 3.19. The third-order valence-corrected chi connectivity index (χ3v) is 9.36. The zero-order valence-corrected chi connectivity index (χ0v) is 31.9. The number of carbonyl (C=O) groups excluding carboxylic acids is 4. The number of primary amides is 1. The van der Waals surface area contributed by atoms with E-state index < -0.39 is 17.5 Å². The number of hydrogen-bond acceptors (Lipinski definition) is 11. The summed E-state index contributed by atoms with van der Waals surface area (Å²) >= 11 is 2.50. The van der Waals surface area contributed by atoms with E-state index in [2.05, 4.69) is 11.1 Å². The number of carbonyl (C=O) groups is 4. The largest absolute Gasteiger partial charge is 0.496 e. The number of hydrogen-bond donors (Lipinski definition) is 4. The van der Waals surface area contributed by atoms with E-state index in [1.165, 1.54) is 0 Å². The molecule has 5 N–H and O–H groups in total. The zero-order chi connectivity index (χ0) is 39.0. The molecule has 0 aliphatic carbocycles. The monoisotopic (exact) mass is 764 g/mol. The molecule has 0 aliphatic heterocycles. The predicted octanol–water partition coefficient (Wildman–Crippen LogP) is 5.07. The maximum Gasteiger partial charge on any atom is 0.233 e. The smallest absolute Gasteiger partial charge is 0.233 e. The molecule has 4 unspecified atom stereocenters. The van der Waals surface area contributed by atoms with Crippen LogP contribution in [0.15, 0.2) is 97.1 Å². The van der Waals surface area contributed by atoms with Crippen LogP contribution < -0.4 is 25.3 Å². The Kier molecular flexibility index (Phi) is 21.1. The molecule has 13 heteroatoms. The maximum absolute atomic E-state index is 11.8. The Morgan fingerprint density at radius 3 is 1.91 bits per heavy atom. The van der Waals surface area contributed by atoms with Gasteiger partial charge >= 0.3 is 0 Å². The minimum Gasteiger partial charge on any atom is -0.496 e. The molecule has 0 radical (unpaired) electrons. The van der Waals surface area contributed by atoms with Gasteiger partial charge in [-0.1, -0.05) is 84.1 Å². The van der Waals surface area contributed by atoms with Crippen molar-refractivity contribution in [3.8, 4) is 17.2 Å². The van der Waals surface area contributed by atoms with Gasteiger partial charge in [0.15, 0.2) is 5.62 Å². The number of aryl methyl sites for hydroxylation is 1. The lowest BCUT2D eigenvalue weighted by Gasteiger charge is -2.16. The van der Waals surface area contributed by atoms with E-state index in [0.29, 0.717) is 34.9 Å². The van der Waals surface area contributed by atoms with Crippen LogP contribution in [0.1, 0.15) is 40.0 Å². The van der Waals surface area contributed by atoms with Gasteiger partial charge in [0, 0.05) is 12.6 Å². The molecule has 0 spiro atoms. The number of rotatable bonds is 18. The second kappa shape index (κ2) is 25.2. The highest BCUT2D eigenvalue weighted by Crippen LogP contribution is 2.26. The Morgan fingerprint density at radius 1 is 0.830 bits per heavy atom. The first-order valence-electron chi connectivity index (χ1n) is 16.6. The van der Waals surface area contributed by atoms with E-state index >= 15 is 0 Å². The van der Waals surface area contributed by atoms with Crippen LogP contribution in [0.4, 0.5) is 0 Å². The van der Waals surface area contributed by atoms with Crippen LogP contribution in [0, 0.1) is 6.92 Å². The molecule has 0 fully saturated rings. The first kappa shape index (κ1) is 44.3. The van der Waals surface area contributed by atoms with E-state index in [9.17, 15) is 24.6 Å². The van der Waals surface area contributed by atoms with Gasteiger partial charge < -0.3 is 40.3 Å². The molecule has 0 saturated carbocycles. The van der Waals surface area contributed by atoms with Gasteiger partial charge in [0.2, 0.25) is 12.3 Å². The predicted molar refractivity (Wildman–Crippen MR) is 211 cm³/mol. The van der Waals surface area contributed by atoms with Crippen molar-refractivity contribution in [2.45, 2.75) is 42.5 Å². The number of aliphatic hydroxyl groups excluding tert-OH is 2. The molecule has 4 aromatic carbocycles. The van der Waals surface area contributed by atoms with Gasteiger partial charge in [0.25, 0.3) is 0 Å². The lowest BCUT2D eigenvalue weighted by Crippen LogP contribution is -2.31. The Bertz CT molecular complexity index is 1670. The van der Waals surface area contributed by atoms with Crippen molar-refractivity contribution < 1.29 is 43.6 Å². The maximum atomic E-state index is 11.8. The number of nitrogens with one attached hydrogen (secondary N) is 1. The van der Waals surface area contributed by atoms with Crippen LogP contribution in [-0.2, 0) is 32.0 Å². The minimum absolute atomic E-state index is 0.00934. The fourth-order valence-corrected chi connectivity index (χ4v) is 6.00. The highest BCUT2D eigenvalue weighted by atomic mass is 32.2. The number of ether oxygens (including phenoxy) is 3. The SMILES string of the molecule is CNC(=O)C(Cc1ccc(OCC(O)c2ccccc2OC)cc1)SC=O.CSC(C=O)Cc1ccc(OCC(O)c2cccc(C)c2)cc1.NC=O. The summed E-state index contributed by atoms with van der Waals surface area (Å²) in [6.07, 6.45) is 2.86. The number of nitrogens with two attached hydrogens (primary N) is 1. The molecular formula is C40H48N2O9S2. The van der Waals surface area contributed by atoms with E-state index in [0.717, 1.165) is 46.7 Å². The Morgan fingerprint density at radius 2 is 1.40 bits per heavy atom.